The topological polar surface area (TPSA) is 72.4 Å². The average molecular weight is 289 g/mol. The zero-order valence-corrected chi connectivity index (χ0v) is 11.6. The van der Waals surface area contributed by atoms with E-state index in [4.69, 9.17) is 5.73 Å². The summed E-state index contributed by atoms with van der Waals surface area (Å²) < 4.78 is 12.8. The van der Waals surface area contributed by atoms with Crippen molar-refractivity contribution in [3.05, 3.63) is 69.5 Å². The number of halogens is 1. The monoisotopic (exact) mass is 289 g/mol. The van der Waals surface area contributed by atoms with Gasteiger partial charge in [-0.2, -0.15) is 0 Å². The van der Waals surface area contributed by atoms with Crippen LogP contribution in [-0.2, 0) is 13.1 Å². The van der Waals surface area contributed by atoms with Gasteiger partial charge in [-0.15, -0.1) is 0 Å². The van der Waals surface area contributed by atoms with Gasteiger partial charge in [-0.3, -0.25) is 15.0 Å². The summed E-state index contributed by atoms with van der Waals surface area (Å²) in [5.74, 6) is -0.268. The number of nitrogens with zero attached hydrogens (tertiary/aromatic N) is 2. The van der Waals surface area contributed by atoms with E-state index in [2.05, 4.69) is 0 Å². The lowest BCUT2D eigenvalue weighted by Crippen LogP contribution is -2.17. The molecule has 0 amide bonds. The molecule has 0 fully saturated rings. The highest BCUT2D eigenvalue weighted by molar-refractivity contribution is 5.59. The van der Waals surface area contributed by atoms with Gasteiger partial charge in [0.15, 0.2) is 0 Å². The normalized spacial score (nSPS) is 10.8. The quantitative estimate of drug-likeness (QED) is 0.522. The van der Waals surface area contributed by atoms with Gasteiger partial charge in [0.2, 0.25) is 0 Å². The summed E-state index contributed by atoms with van der Waals surface area (Å²) in [6.07, 6.45) is 0. The summed E-state index contributed by atoms with van der Waals surface area (Å²) in [7, 11) is 1.89. The largest absolute Gasteiger partial charge is 0.393 e. The Bertz CT molecular complexity index is 644. The highest BCUT2D eigenvalue weighted by Gasteiger charge is 2.12. The second-order valence-electron chi connectivity index (χ2n) is 4.95. The Morgan fingerprint density at radius 1 is 1.14 bits per heavy atom. The Kier molecular flexibility index (Phi) is 4.49. The molecule has 2 aromatic carbocycles. The van der Waals surface area contributed by atoms with E-state index in [1.54, 1.807) is 24.3 Å². The molecule has 0 saturated heterocycles. The highest BCUT2D eigenvalue weighted by Crippen LogP contribution is 2.23. The first kappa shape index (κ1) is 14.9. The van der Waals surface area contributed by atoms with E-state index in [1.807, 2.05) is 11.9 Å². The summed E-state index contributed by atoms with van der Waals surface area (Å²) in [6, 6.07) is 11.1. The van der Waals surface area contributed by atoms with E-state index in [9.17, 15) is 14.5 Å². The van der Waals surface area contributed by atoms with Crippen LogP contribution >= 0.6 is 0 Å². The molecule has 6 heteroatoms. The van der Waals surface area contributed by atoms with Gasteiger partial charge in [-0.05, 0) is 36.4 Å². The second-order valence-corrected chi connectivity index (χ2v) is 4.95. The number of benzene rings is 2. The first-order valence-corrected chi connectivity index (χ1v) is 6.41. The molecule has 2 rings (SSSR count). The molecule has 0 spiro atoms. The van der Waals surface area contributed by atoms with Crippen LogP contribution in [-0.4, -0.2) is 16.9 Å². The Morgan fingerprint density at radius 3 is 2.33 bits per heavy atom. The number of nitrogen functional groups attached to an aromatic ring is 1. The Hall–Kier alpha value is -2.47. The van der Waals surface area contributed by atoms with E-state index in [-0.39, 0.29) is 17.2 Å². The Balaban J connectivity index is 2.05. The zero-order valence-electron chi connectivity index (χ0n) is 11.6. The smallest absolute Gasteiger partial charge is 0.292 e. The van der Waals surface area contributed by atoms with Crippen LogP contribution in [0.15, 0.2) is 42.5 Å². The average Bonchev–Trinajstić information content (AvgIpc) is 2.43. The number of nitro benzene ring substituents is 1. The SMILES string of the molecule is CN(Cc1ccc(F)cc1)Cc1ccc(N)c([N+](=O)[O-])c1. The molecule has 0 radical (unpaired) electrons. The van der Waals surface area contributed by atoms with Gasteiger partial charge in [-0.25, -0.2) is 4.39 Å². The number of hydrogen-bond acceptors (Lipinski definition) is 4. The molecule has 2 N–H and O–H groups in total. The number of nitro groups is 1. The van der Waals surface area contributed by atoms with Gasteiger partial charge >= 0.3 is 0 Å². The molecular formula is C15H16FN3O2. The molecule has 0 atom stereocenters. The predicted octanol–water partition coefficient (Wildman–Crippen LogP) is 2.95. The van der Waals surface area contributed by atoms with Crippen LogP contribution < -0.4 is 5.73 Å². The molecule has 110 valence electrons. The molecule has 2 aromatic rings. The van der Waals surface area contributed by atoms with Gasteiger partial charge in [0.1, 0.15) is 11.5 Å². The minimum absolute atomic E-state index is 0.0808. The van der Waals surface area contributed by atoms with Gasteiger partial charge in [-0.1, -0.05) is 18.2 Å². The summed E-state index contributed by atoms with van der Waals surface area (Å²) >= 11 is 0. The summed E-state index contributed by atoms with van der Waals surface area (Å²) in [6.45, 7) is 1.16. The fourth-order valence-electron chi connectivity index (χ4n) is 2.11. The van der Waals surface area contributed by atoms with Crippen molar-refractivity contribution < 1.29 is 9.31 Å². The van der Waals surface area contributed by atoms with Crippen LogP contribution in [0.1, 0.15) is 11.1 Å². The van der Waals surface area contributed by atoms with E-state index in [1.165, 1.54) is 18.2 Å². The molecule has 5 nitrogen and oxygen atoms in total. The number of nitrogens with two attached hydrogens (primary N) is 1. The number of anilines is 1. The summed E-state index contributed by atoms with van der Waals surface area (Å²) in [5, 5.41) is 10.9. The molecule has 0 saturated carbocycles. The molecule has 0 bridgehead atoms. The lowest BCUT2D eigenvalue weighted by molar-refractivity contribution is -0.384. The van der Waals surface area contributed by atoms with Crippen molar-refractivity contribution in [3.8, 4) is 0 Å². The van der Waals surface area contributed by atoms with Crippen LogP contribution in [0, 0.1) is 15.9 Å². The van der Waals surface area contributed by atoms with Gasteiger partial charge < -0.3 is 5.73 Å². The van der Waals surface area contributed by atoms with E-state index >= 15 is 0 Å². The van der Waals surface area contributed by atoms with Gasteiger partial charge in [0.25, 0.3) is 5.69 Å². The van der Waals surface area contributed by atoms with Crippen LogP contribution in [0.3, 0.4) is 0 Å². The van der Waals surface area contributed by atoms with Crippen molar-refractivity contribution in [2.24, 2.45) is 0 Å². The van der Waals surface area contributed by atoms with Crippen LogP contribution in [0.25, 0.3) is 0 Å². The van der Waals surface area contributed by atoms with Crippen molar-refractivity contribution in [3.63, 3.8) is 0 Å². The molecule has 0 aromatic heterocycles. The van der Waals surface area contributed by atoms with Crippen molar-refractivity contribution in [2.45, 2.75) is 13.1 Å². The van der Waals surface area contributed by atoms with Crippen molar-refractivity contribution in [1.82, 2.24) is 4.90 Å². The summed E-state index contributed by atoms with van der Waals surface area (Å²) in [5.41, 5.74) is 7.43. The molecule has 0 unspecified atom stereocenters. The minimum Gasteiger partial charge on any atom is -0.393 e. The fourth-order valence-corrected chi connectivity index (χ4v) is 2.11. The highest BCUT2D eigenvalue weighted by atomic mass is 19.1. The lowest BCUT2D eigenvalue weighted by Gasteiger charge is -2.17. The van der Waals surface area contributed by atoms with E-state index < -0.39 is 4.92 Å². The maximum Gasteiger partial charge on any atom is 0.292 e. The molecular weight excluding hydrogens is 273 g/mol. The molecule has 0 aliphatic carbocycles. The number of rotatable bonds is 5. The van der Waals surface area contributed by atoms with Crippen LogP contribution in [0.2, 0.25) is 0 Å². The lowest BCUT2D eigenvalue weighted by atomic mass is 10.1. The maximum absolute atomic E-state index is 12.8. The van der Waals surface area contributed by atoms with Crippen LogP contribution in [0.4, 0.5) is 15.8 Å². The first-order valence-electron chi connectivity index (χ1n) is 6.41. The Labute approximate surface area is 122 Å². The standard InChI is InChI=1S/C15H16FN3O2/c1-18(9-11-2-5-13(16)6-3-11)10-12-4-7-14(17)15(8-12)19(20)21/h2-8H,9-10,17H2,1H3. The third kappa shape index (κ3) is 4.00. The second kappa shape index (κ2) is 6.32. The van der Waals surface area contributed by atoms with Crippen LogP contribution in [0.5, 0.6) is 0 Å². The van der Waals surface area contributed by atoms with E-state index in [0.29, 0.717) is 13.1 Å². The van der Waals surface area contributed by atoms with E-state index in [0.717, 1.165) is 11.1 Å². The van der Waals surface area contributed by atoms with Crippen molar-refractivity contribution in [2.75, 3.05) is 12.8 Å². The molecule has 0 aliphatic rings. The maximum atomic E-state index is 12.8. The third-order valence-corrected chi connectivity index (χ3v) is 3.11. The molecule has 0 heterocycles. The molecule has 0 aliphatic heterocycles. The Morgan fingerprint density at radius 2 is 1.71 bits per heavy atom. The predicted molar refractivity (Wildman–Crippen MR) is 79.1 cm³/mol. The fraction of sp³-hybridized carbons (Fsp3) is 0.200. The third-order valence-electron chi connectivity index (χ3n) is 3.11. The van der Waals surface area contributed by atoms with Crippen molar-refractivity contribution >= 4 is 11.4 Å². The zero-order chi connectivity index (χ0) is 15.4. The van der Waals surface area contributed by atoms with Gasteiger partial charge in [0.05, 0.1) is 4.92 Å². The van der Waals surface area contributed by atoms with Gasteiger partial charge in [0, 0.05) is 19.2 Å². The number of hydrogen-bond donors (Lipinski definition) is 1. The molecule has 21 heavy (non-hydrogen) atoms. The van der Waals surface area contributed by atoms with Crippen molar-refractivity contribution in [1.29, 1.82) is 0 Å². The first-order chi connectivity index (χ1) is 9.95. The summed E-state index contributed by atoms with van der Waals surface area (Å²) in [4.78, 5) is 12.4. The minimum atomic E-state index is -0.487.